The minimum Gasteiger partial charge on any atom is -0.474 e. The summed E-state index contributed by atoms with van der Waals surface area (Å²) in [4.78, 5) is 24.1. The third-order valence-electron chi connectivity index (χ3n) is 6.69. The molecule has 1 aromatic heterocycles. The summed E-state index contributed by atoms with van der Waals surface area (Å²) in [5.41, 5.74) is 7.72. The molecule has 0 spiro atoms. The maximum absolute atomic E-state index is 13.7. The van der Waals surface area contributed by atoms with Crippen molar-refractivity contribution in [3.63, 3.8) is 0 Å². The number of carbonyl (C=O) groups is 1. The normalized spacial score (nSPS) is 24.9. The molecule has 1 aromatic carbocycles. The molecule has 0 saturated carbocycles. The van der Waals surface area contributed by atoms with Gasteiger partial charge in [-0.2, -0.15) is 0 Å². The van der Waals surface area contributed by atoms with Crippen LogP contribution in [-0.2, 0) is 15.1 Å². The molecule has 0 radical (unpaired) electrons. The lowest BCUT2D eigenvalue weighted by molar-refractivity contribution is -0.133. The van der Waals surface area contributed by atoms with Gasteiger partial charge in [0.15, 0.2) is 5.96 Å². The Balaban J connectivity index is 1.53. The number of aliphatic imine (C=N–C) groups is 1. The number of hydrogen-bond acceptors (Lipinski definition) is 7. The van der Waals surface area contributed by atoms with Gasteiger partial charge >= 0.3 is 0 Å². The highest BCUT2D eigenvalue weighted by atomic mass is 19.1. The lowest BCUT2D eigenvalue weighted by atomic mass is 9.83. The van der Waals surface area contributed by atoms with Gasteiger partial charge in [0.2, 0.25) is 11.8 Å². The molecule has 1 amide bonds. The predicted molar refractivity (Wildman–Crippen MR) is 138 cm³/mol. The Kier molecular flexibility index (Phi) is 7.22. The largest absolute Gasteiger partial charge is 0.474 e. The van der Waals surface area contributed by atoms with Gasteiger partial charge in [-0.05, 0) is 70.7 Å². The van der Waals surface area contributed by atoms with Gasteiger partial charge in [-0.25, -0.2) is 14.4 Å². The van der Waals surface area contributed by atoms with Gasteiger partial charge in [0.1, 0.15) is 12.3 Å². The summed E-state index contributed by atoms with van der Waals surface area (Å²) < 4.78 is 24.7. The smallest absolute Gasteiger partial charge is 0.232 e. The molecule has 4 rings (SSSR count). The summed E-state index contributed by atoms with van der Waals surface area (Å²) in [6, 6.07) is 9.43. The van der Waals surface area contributed by atoms with Crippen LogP contribution >= 0.6 is 0 Å². The molecule has 3 N–H and O–H groups in total. The van der Waals surface area contributed by atoms with E-state index in [0.29, 0.717) is 12.5 Å². The van der Waals surface area contributed by atoms with Crippen molar-refractivity contribution < 1.29 is 18.7 Å². The molecule has 3 heterocycles. The second-order valence-corrected chi connectivity index (χ2v) is 10.5. The number of nitrogens with two attached hydrogens (primary N) is 1. The molecular weight excluding hydrogens is 461 g/mol. The highest BCUT2D eigenvalue weighted by molar-refractivity contribution is 5.99. The molecule has 194 valence electrons. The van der Waals surface area contributed by atoms with Crippen LogP contribution in [0.1, 0.15) is 58.1 Å². The van der Waals surface area contributed by atoms with Crippen LogP contribution < -0.4 is 15.8 Å². The Morgan fingerprint density at radius 3 is 2.75 bits per heavy atom. The number of carbonyl (C=O) groups excluding carboxylic acids is 1. The fourth-order valence-corrected chi connectivity index (χ4v) is 4.90. The first-order chi connectivity index (χ1) is 16.9. The van der Waals surface area contributed by atoms with Gasteiger partial charge < -0.3 is 20.5 Å². The molecular formula is C27H36FN5O3. The molecule has 1 saturated heterocycles. The van der Waals surface area contributed by atoms with E-state index in [0.717, 1.165) is 35.3 Å². The molecule has 0 bridgehead atoms. The van der Waals surface area contributed by atoms with Crippen LogP contribution in [0, 0.1) is 6.92 Å². The van der Waals surface area contributed by atoms with Gasteiger partial charge in [-0.15, -0.1) is 0 Å². The quantitative estimate of drug-likeness (QED) is 0.580. The predicted octanol–water partition coefficient (Wildman–Crippen LogP) is 4.59. The van der Waals surface area contributed by atoms with E-state index in [-0.39, 0.29) is 37.0 Å². The number of nitrogens with one attached hydrogen (secondary N) is 1. The number of rotatable bonds is 7. The van der Waals surface area contributed by atoms with Gasteiger partial charge in [0, 0.05) is 24.4 Å². The standard InChI is InChI=1S/C27H36FN5O3/c1-17-13-20(11-12-35-17)33-24(34)14-27(5,32-25(33)29)21-7-6-8-22(18(21)2)31-19-9-10-23(30-15-19)36-16-26(3,4)28/h6-10,15,17,20,31H,11-14,16H2,1-5H3,(H2,29,32)/t17-,20-,27+/m1/s1. The highest BCUT2D eigenvalue weighted by Gasteiger charge is 2.42. The SMILES string of the molecule is Cc1c(Nc2ccc(OCC(C)(C)F)nc2)cccc1[C@]1(C)CC(=O)N([C@@H]2CCO[C@H](C)C2)C(N)=N1. The molecule has 3 atom stereocenters. The summed E-state index contributed by atoms with van der Waals surface area (Å²) in [7, 11) is 0. The van der Waals surface area contributed by atoms with Crippen molar-refractivity contribution in [2.45, 2.75) is 77.2 Å². The lowest BCUT2D eigenvalue weighted by Crippen LogP contribution is -2.56. The molecule has 9 heteroatoms. The second-order valence-electron chi connectivity index (χ2n) is 10.5. The fraction of sp³-hybridized carbons (Fsp3) is 0.519. The summed E-state index contributed by atoms with van der Waals surface area (Å²) in [5.74, 6) is 0.609. The lowest BCUT2D eigenvalue weighted by Gasteiger charge is -2.42. The van der Waals surface area contributed by atoms with Crippen LogP contribution in [0.2, 0.25) is 0 Å². The average Bonchev–Trinajstić information content (AvgIpc) is 2.79. The average molecular weight is 498 g/mol. The first-order valence-electron chi connectivity index (χ1n) is 12.4. The van der Waals surface area contributed by atoms with Crippen LogP contribution in [-0.4, -0.2) is 52.8 Å². The Morgan fingerprint density at radius 2 is 2.11 bits per heavy atom. The first-order valence-corrected chi connectivity index (χ1v) is 12.4. The van der Waals surface area contributed by atoms with Gasteiger partial charge in [-0.1, -0.05) is 12.1 Å². The van der Waals surface area contributed by atoms with Crippen molar-refractivity contribution in [1.82, 2.24) is 9.88 Å². The van der Waals surface area contributed by atoms with Crippen molar-refractivity contribution in [3.05, 3.63) is 47.7 Å². The number of halogens is 1. The number of guanidine groups is 1. The molecule has 2 aliphatic rings. The molecule has 0 unspecified atom stereocenters. The van der Waals surface area contributed by atoms with E-state index >= 15 is 0 Å². The number of alkyl halides is 1. The fourth-order valence-electron chi connectivity index (χ4n) is 4.90. The zero-order valence-corrected chi connectivity index (χ0v) is 21.7. The summed E-state index contributed by atoms with van der Waals surface area (Å²) in [6.45, 7) is 9.43. The van der Waals surface area contributed by atoms with Crippen LogP contribution in [0.4, 0.5) is 15.8 Å². The summed E-state index contributed by atoms with van der Waals surface area (Å²) in [5, 5.41) is 3.38. The zero-order chi connectivity index (χ0) is 26.1. The monoisotopic (exact) mass is 497 g/mol. The van der Waals surface area contributed by atoms with E-state index in [1.807, 2.05) is 45.0 Å². The Labute approximate surface area is 212 Å². The molecule has 2 aromatic rings. The Hall–Kier alpha value is -3.20. The van der Waals surface area contributed by atoms with E-state index in [9.17, 15) is 9.18 Å². The van der Waals surface area contributed by atoms with E-state index < -0.39 is 11.2 Å². The van der Waals surface area contributed by atoms with E-state index in [1.54, 1.807) is 17.2 Å². The highest BCUT2D eigenvalue weighted by Crippen LogP contribution is 2.39. The maximum atomic E-state index is 13.7. The van der Waals surface area contributed by atoms with Crippen LogP contribution in [0.5, 0.6) is 5.88 Å². The number of nitrogens with zero attached hydrogens (tertiary/aromatic N) is 3. The third-order valence-corrected chi connectivity index (χ3v) is 6.69. The number of amides is 1. The number of hydrogen-bond donors (Lipinski definition) is 2. The molecule has 36 heavy (non-hydrogen) atoms. The number of aromatic nitrogens is 1. The first kappa shape index (κ1) is 25.9. The van der Waals surface area contributed by atoms with Crippen molar-refractivity contribution >= 4 is 23.2 Å². The van der Waals surface area contributed by atoms with Crippen LogP contribution in [0.3, 0.4) is 0 Å². The Bertz CT molecular complexity index is 1130. The van der Waals surface area contributed by atoms with Crippen molar-refractivity contribution in [1.29, 1.82) is 0 Å². The zero-order valence-electron chi connectivity index (χ0n) is 21.7. The summed E-state index contributed by atoms with van der Waals surface area (Å²) in [6.07, 6.45) is 3.47. The van der Waals surface area contributed by atoms with Crippen molar-refractivity contribution in [2.75, 3.05) is 18.5 Å². The molecule has 0 aliphatic carbocycles. The van der Waals surface area contributed by atoms with Gasteiger partial charge in [0.05, 0.1) is 29.9 Å². The van der Waals surface area contributed by atoms with Crippen LogP contribution in [0.15, 0.2) is 41.5 Å². The number of pyridine rings is 1. The number of ether oxygens (including phenoxy) is 2. The molecule has 1 fully saturated rings. The van der Waals surface area contributed by atoms with Crippen molar-refractivity contribution in [2.24, 2.45) is 10.7 Å². The second kappa shape index (κ2) is 10.0. The minimum absolute atomic E-state index is 0.0130. The van der Waals surface area contributed by atoms with E-state index in [4.69, 9.17) is 20.2 Å². The molecule has 8 nitrogen and oxygen atoms in total. The molecule has 2 aliphatic heterocycles. The van der Waals surface area contributed by atoms with Crippen LogP contribution in [0.25, 0.3) is 0 Å². The van der Waals surface area contributed by atoms with Gasteiger partial charge in [0.25, 0.3) is 0 Å². The van der Waals surface area contributed by atoms with Gasteiger partial charge in [-0.3, -0.25) is 9.69 Å². The number of anilines is 2. The third kappa shape index (κ3) is 5.78. The number of benzene rings is 1. The Morgan fingerprint density at radius 1 is 1.33 bits per heavy atom. The van der Waals surface area contributed by atoms with E-state index in [2.05, 4.69) is 10.3 Å². The maximum Gasteiger partial charge on any atom is 0.232 e. The topological polar surface area (TPSA) is 102 Å². The van der Waals surface area contributed by atoms with E-state index in [1.165, 1.54) is 13.8 Å². The minimum atomic E-state index is -1.43. The summed E-state index contributed by atoms with van der Waals surface area (Å²) >= 11 is 0. The van der Waals surface area contributed by atoms with Crippen molar-refractivity contribution in [3.8, 4) is 5.88 Å².